The quantitative estimate of drug-likeness (QED) is 0.750. The first-order valence-electron chi connectivity index (χ1n) is 10.3. The molecule has 2 aromatic rings. The highest BCUT2D eigenvalue weighted by molar-refractivity contribution is 5.69. The smallest absolute Gasteiger partial charge is 0.145 e. The van der Waals surface area contributed by atoms with Crippen molar-refractivity contribution in [1.29, 1.82) is 0 Å². The lowest BCUT2D eigenvalue weighted by Gasteiger charge is -2.20. The summed E-state index contributed by atoms with van der Waals surface area (Å²) in [6.07, 6.45) is 9.32. The van der Waals surface area contributed by atoms with Crippen molar-refractivity contribution < 1.29 is 0 Å². The largest absolute Gasteiger partial charge is 0.382 e. The molecular formula is C23H35N3. The van der Waals surface area contributed by atoms with Gasteiger partial charge in [-0.05, 0) is 68.2 Å². The van der Waals surface area contributed by atoms with Crippen molar-refractivity contribution in [3.8, 4) is 11.3 Å². The molecule has 1 aliphatic carbocycles. The Labute approximate surface area is 159 Å². The number of fused-ring (bicyclic) bond motifs is 1. The number of aryl methyl sites for hydroxylation is 5. The molecule has 1 heterocycles. The Bertz CT molecular complexity index is 733. The highest BCUT2D eigenvalue weighted by atomic mass is 14.9. The summed E-state index contributed by atoms with van der Waals surface area (Å²) in [5.74, 6) is 0.582. The average Bonchev–Trinajstić information content (AvgIpc) is 2.67. The third-order valence-corrected chi connectivity index (χ3v) is 5.18. The van der Waals surface area contributed by atoms with Gasteiger partial charge in [0.25, 0.3) is 0 Å². The van der Waals surface area contributed by atoms with Crippen LogP contribution in [-0.4, -0.2) is 9.97 Å². The van der Waals surface area contributed by atoms with Gasteiger partial charge in [0.05, 0.1) is 17.1 Å². The van der Waals surface area contributed by atoms with Crippen LogP contribution in [0, 0.1) is 6.92 Å². The number of benzene rings is 1. The van der Waals surface area contributed by atoms with Gasteiger partial charge < -0.3 is 5.73 Å². The second-order valence-electron chi connectivity index (χ2n) is 7.20. The van der Waals surface area contributed by atoms with Crippen molar-refractivity contribution in [2.75, 3.05) is 5.73 Å². The Balaban J connectivity index is 0.000000552. The Morgan fingerprint density at radius 2 is 1.42 bits per heavy atom. The topological polar surface area (TPSA) is 51.8 Å². The van der Waals surface area contributed by atoms with E-state index >= 15 is 0 Å². The monoisotopic (exact) mass is 353 g/mol. The first kappa shape index (κ1) is 20.4. The minimum Gasteiger partial charge on any atom is -0.382 e. The van der Waals surface area contributed by atoms with Crippen LogP contribution in [0.15, 0.2) is 12.1 Å². The molecule has 0 bridgehead atoms. The van der Waals surface area contributed by atoms with Crippen molar-refractivity contribution in [3.63, 3.8) is 0 Å². The molecule has 0 spiro atoms. The van der Waals surface area contributed by atoms with Gasteiger partial charge in [-0.25, -0.2) is 9.97 Å². The van der Waals surface area contributed by atoms with Gasteiger partial charge in [-0.2, -0.15) is 0 Å². The van der Waals surface area contributed by atoms with Gasteiger partial charge >= 0.3 is 0 Å². The van der Waals surface area contributed by atoms with Crippen LogP contribution in [0.3, 0.4) is 0 Å². The fourth-order valence-corrected chi connectivity index (χ4v) is 3.41. The van der Waals surface area contributed by atoms with Gasteiger partial charge in [0.1, 0.15) is 5.82 Å². The van der Waals surface area contributed by atoms with Gasteiger partial charge in [-0.3, -0.25) is 0 Å². The average molecular weight is 354 g/mol. The zero-order valence-electron chi connectivity index (χ0n) is 17.3. The number of unbranched alkanes of at least 4 members (excludes halogenated alkanes) is 1. The van der Waals surface area contributed by atoms with Crippen molar-refractivity contribution in [1.82, 2.24) is 9.97 Å². The van der Waals surface area contributed by atoms with E-state index in [4.69, 9.17) is 10.7 Å². The summed E-state index contributed by atoms with van der Waals surface area (Å²) >= 11 is 0. The van der Waals surface area contributed by atoms with Crippen molar-refractivity contribution in [2.24, 2.45) is 0 Å². The molecule has 2 N–H and O–H groups in total. The van der Waals surface area contributed by atoms with Gasteiger partial charge in [0.2, 0.25) is 0 Å². The van der Waals surface area contributed by atoms with Crippen LogP contribution in [-0.2, 0) is 25.7 Å². The summed E-state index contributed by atoms with van der Waals surface area (Å²) in [6, 6.07) is 4.70. The number of anilines is 1. The Morgan fingerprint density at radius 3 is 1.96 bits per heavy atom. The Morgan fingerprint density at radius 1 is 0.846 bits per heavy atom. The molecule has 0 radical (unpaired) electrons. The van der Waals surface area contributed by atoms with E-state index in [0.29, 0.717) is 5.82 Å². The molecule has 3 rings (SSSR count). The first-order chi connectivity index (χ1) is 12.5. The number of nitrogen functional groups attached to an aromatic ring is 1. The van der Waals surface area contributed by atoms with E-state index < -0.39 is 0 Å². The minimum atomic E-state index is 0.582. The molecule has 1 aromatic heterocycles. The number of nitrogens with two attached hydrogens (primary N) is 1. The molecule has 26 heavy (non-hydrogen) atoms. The third-order valence-electron chi connectivity index (χ3n) is 5.18. The van der Waals surface area contributed by atoms with Crippen molar-refractivity contribution >= 4 is 5.82 Å². The van der Waals surface area contributed by atoms with Crippen LogP contribution in [0.4, 0.5) is 5.82 Å². The standard InChI is InChI=1S/C19H25N3.C4H10/c1-4-16-18(21-17(5-2)19(20)22-16)15-11-14-9-7-6-8-13(14)10-12(15)3;1-3-4-2/h10-11H,4-9H2,1-3H3,(H2,20,22);3-4H2,1-2H3. The molecule has 3 heteroatoms. The molecule has 0 saturated carbocycles. The molecule has 0 atom stereocenters. The molecule has 0 aliphatic heterocycles. The van der Waals surface area contributed by atoms with E-state index in [0.717, 1.165) is 29.9 Å². The van der Waals surface area contributed by atoms with Crippen LogP contribution in [0.5, 0.6) is 0 Å². The van der Waals surface area contributed by atoms with Crippen LogP contribution < -0.4 is 5.73 Å². The zero-order valence-corrected chi connectivity index (χ0v) is 17.3. The highest BCUT2D eigenvalue weighted by Gasteiger charge is 2.17. The van der Waals surface area contributed by atoms with Crippen molar-refractivity contribution in [2.45, 2.75) is 86.0 Å². The SMILES string of the molecule is CCCC.CCc1nc(-c2cc3c(cc2C)CCCC3)c(CC)nc1N. The predicted molar refractivity (Wildman–Crippen MR) is 113 cm³/mol. The molecule has 0 fully saturated rings. The molecule has 1 aromatic carbocycles. The molecule has 142 valence electrons. The van der Waals surface area contributed by atoms with E-state index in [1.54, 1.807) is 0 Å². The van der Waals surface area contributed by atoms with Gasteiger partial charge in [0, 0.05) is 5.56 Å². The first-order valence-corrected chi connectivity index (χ1v) is 10.3. The maximum Gasteiger partial charge on any atom is 0.145 e. The molecule has 0 saturated heterocycles. The summed E-state index contributed by atoms with van der Waals surface area (Å²) in [7, 11) is 0. The number of hydrogen-bond acceptors (Lipinski definition) is 3. The number of hydrogen-bond donors (Lipinski definition) is 1. The van der Waals surface area contributed by atoms with Crippen LogP contribution in [0.1, 0.15) is 81.5 Å². The fourth-order valence-electron chi connectivity index (χ4n) is 3.41. The number of nitrogens with zero attached hydrogens (tertiary/aromatic N) is 2. The lowest BCUT2D eigenvalue weighted by molar-refractivity contribution is 0.685. The fraction of sp³-hybridized carbons (Fsp3) is 0.565. The maximum atomic E-state index is 6.03. The molecular weight excluding hydrogens is 318 g/mol. The lowest BCUT2D eigenvalue weighted by atomic mass is 9.87. The number of rotatable bonds is 4. The zero-order chi connectivity index (χ0) is 19.1. The van der Waals surface area contributed by atoms with Crippen LogP contribution in [0.25, 0.3) is 11.3 Å². The lowest BCUT2D eigenvalue weighted by Crippen LogP contribution is -2.08. The van der Waals surface area contributed by atoms with E-state index in [-0.39, 0.29) is 0 Å². The third kappa shape index (κ3) is 4.63. The van der Waals surface area contributed by atoms with Gasteiger partial charge in [-0.15, -0.1) is 0 Å². The molecule has 3 nitrogen and oxygen atoms in total. The van der Waals surface area contributed by atoms with E-state index in [1.807, 2.05) is 0 Å². The van der Waals surface area contributed by atoms with Gasteiger partial charge in [-0.1, -0.05) is 46.6 Å². The summed E-state index contributed by atoms with van der Waals surface area (Å²) in [5, 5.41) is 0. The highest BCUT2D eigenvalue weighted by Crippen LogP contribution is 2.32. The molecule has 1 aliphatic rings. The van der Waals surface area contributed by atoms with Gasteiger partial charge in [0.15, 0.2) is 0 Å². The second kappa shape index (κ2) is 9.70. The van der Waals surface area contributed by atoms with E-state index in [1.165, 1.54) is 60.8 Å². The van der Waals surface area contributed by atoms with E-state index in [9.17, 15) is 0 Å². The maximum absolute atomic E-state index is 6.03. The summed E-state index contributed by atoms with van der Waals surface area (Å²) in [6.45, 7) is 10.7. The summed E-state index contributed by atoms with van der Waals surface area (Å²) in [5.41, 5.74) is 14.5. The predicted octanol–water partition coefficient (Wildman–Crippen LogP) is 5.84. The van der Waals surface area contributed by atoms with Crippen LogP contribution >= 0.6 is 0 Å². The normalized spacial score (nSPS) is 13.0. The Kier molecular flexibility index (Phi) is 7.62. The number of aromatic nitrogens is 2. The molecule has 0 unspecified atom stereocenters. The summed E-state index contributed by atoms with van der Waals surface area (Å²) in [4.78, 5) is 9.46. The summed E-state index contributed by atoms with van der Waals surface area (Å²) < 4.78 is 0. The Hall–Kier alpha value is -1.90. The molecule has 0 amide bonds. The van der Waals surface area contributed by atoms with Crippen molar-refractivity contribution in [3.05, 3.63) is 40.2 Å². The second-order valence-corrected chi connectivity index (χ2v) is 7.20. The van der Waals surface area contributed by atoms with Crippen LogP contribution in [0.2, 0.25) is 0 Å². The van der Waals surface area contributed by atoms with E-state index in [2.05, 4.69) is 51.7 Å². The minimum absolute atomic E-state index is 0.582.